The molecule has 0 bridgehead atoms. The summed E-state index contributed by atoms with van der Waals surface area (Å²) >= 11 is 0. The van der Waals surface area contributed by atoms with E-state index in [1.54, 1.807) is 0 Å². The Morgan fingerprint density at radius 3 is 2.38 bits per heavy atom. The maximum absolute atomic E-state index is 15.2. The highest BCUT2D eigenvalue weighted by Crippen LogP contribution is 2.37. The van der Waals surface area contributed by atoms with Crippen LogP contribution in [0.15, 0.2) is 67.3 Å². The second-order valence-electron chi connectivity index (χ2n) is 9.87. The van der Waals surface area contributed by atoms with Gasteiger partial charge >= 0.3 is 0 Å². The molecular weight excluding hydrogens is 415 g/mol. The number of unbranched alkanes of at least 4 members (excludes halogenated alkanes) is 4. The number of aryl methyl sites for hydroxylation is 1. The Morgan fingerprint density at radius 1 is 0.882 bits per heavy atom. The fourth-order valence-electron chi connectivity index (χ4n) is 5.18. The van der Waals surface area contributed by atoms with Crippen LogP contribution in [0.1, 0.15) is 92.9 Å². The Hall–Kier alpha value is -2.85. The molecule has 0 nitrogen and oxygen atoms in total. The highest BCUT2D eigenvalue weighted by molar-refractivity contribution is 5.85. The van der Waals surface area contributed by atoms with E-state index in [9.17, 15) is 0 Å². The van der Waals surface area contributed by atoms with Crippen molar-refractivity contribution in [3.63, 3.8) is 0 Å². The molecule has 0 spiro atoms. The van der Waals surface area contributed by atoms with Crippen LogP contribution in [-0.4, -0.2) is 0 Å². The molecule has 176 valence electrons. The highest BCUT2D eigenvalue weighted by atomic mass is 19.1. The van der Waals surface area contributed by atoms with Gasteiger partial charge in [-0.15, -0.1) is 6.58 Å². The van der Waals surface area contributed by atoms with Gasteiger partial charge in [-0.25, -0.2) is 4.39 Å². The summed E-state index contributed by atoms with van der Waals surface area (Å²) in [6.07, 6.45) is 14.5. The molecule has 0 radical (unpaired) electrons. The van der Waals surface area contributed by atoms with E-state index in [0.29, 0.717) is 22.8 Å². The molecule has 1 saturated carbocycles. The smallest absolute Gasteiger partial charge is 0.146 e. The van der Waals surface area contributed by atoms with Gasteiger partial charge in [-0.1, -0.05) is 86.9 Å². The van der Waals surface area contributed by atoms with Gasteiger partial charge < -0.3 is 0 Å². The third-order valence-corrected chi connectivity index (χ3v) is 7.42. The van der Waals surface area contributed by atoms with Crippen LogP contribution in [0.25, 0.3) is 10.8 Å². The molecule has 0 heterocycles. The molecule has 34 heavy (non-hydrogen) atoms. The van der Waals surface area contributed by atoms with Crippen molar-refractivity contribution in [2.24, 2.45) is 5.92 Å². The predicted octanol–water partition coefficient (Wildman–Crippen LogP) is 9.35. The molecule has 0 atom stereocenters. The summed E-state index contributed by atoms with van der Waals surface area (Å²) in [6, 6.07) is 18.5. The first-order chi connectivity index (χ1) is 16.7. The average Bonchev–Trinajstić information content (AvgIpc) is 2.89. The second-order valence-corrected chi connectivity index (χ2v) is 9.87. The van der Waals surface area contributed by atoms with Gasteiger partial charge in [-0.05, 0) is 85.1 Å². The molecule has 0 unspecified atom stereocenters. The third kappa shape index (κ3) is 6.18. The minimum absolute atomic E-state index is 0.212. The van der Waals surface area contributed by atoms with Gasteiger partial charge in [0.1, 0.15) is 5.82 Å². The number of hydrogen-bond donors (Lipinski definition) is 0. The molecule has 0 saturated heterocycles. The van der Waals surface area contributed by atoms with E-state index in [-0.39, 0.29) is 5.82 Å². The lowest BCUT2D eigenvalue weighted by Crippen LogP contribution is -2.11. The van der Waals surface area contributed by atoms with Crippen LogP contribution < -0.4 is 0 Å². The average molecular weight is 453 g/mol. The van der Waals surface area contributed by atoms with Crippen LogP contribution in [0.2, 0.25) is 0 Å². The van der Waals surface area contributed by atoms with Crippen molar-refractivity contribution in [2.45, 2.75) is 77.0 Å². The lowest BCUT2D eigenvalue weighted by Gasteiger charge is -2.27. The summed E-state index contributed by atoms with van der Waals surface area (Å²) in [4.78, 5) is 0. The van der Waals surface area contributed by atoms with E-state index >= 15 is 4.39 Å². The minimum atomic E-state index is -0.212. The quantitative estimate of drug-likeness (QED) is 0.181. The zero-order chi connectivity index (χ0) is 23.8. The molecule has 3 aromatic carbocycles. The molecule has 3 aromatic rings. The van der Waals surface area contributed by atoms with E-state index in [2.05, 4.69) is 67.8 Å². The van der Waals surface area contributed by atoms with Gasteiger partial charge in [0.2, 0.25) is 0 Å². The topological polar surface area (TPSA) is 0 Å². The predicted molar refractivity (Wildman–Crippen MR) is 144 cm³/mol. The maximum atomic E-state index is 15.2. The van der Waals surface area contributed by atoms with Crippen molar-refractivity contribution >= 4 is 10.8 Å². The Bertz CT molecular complexity index is 1150. The summed E-state index contributed by atoms with van der Waals surface area (Å²) in [5.41, 5.74) is 4.08. The largest absolute Gasteiger partial charge is 0.205 e. The molecular formula is C33H37F. The first-order valence-electron chi connectivity index (χ1n) is 13.1. The van der Waals surface area contributed by atoms with Gasteiger partial charge in [0.05, 0.1) is 5.56 Å². The Morgan fingerprint density at radius 2 is 1.65 bits per heavy atom. The van der Waals surface area contributed by atoms with Crippen molar-refractivity contribution in [3.05, 3.63) is 95.3 Å². The van der Waals surface area contributed by atoms with Crippen LogP contribution >= 0.6 is 0 Å². The Balaban J connectivity index is 1.42. The summed E-state index contributed by atoms with van der Waals surface area (Å²) in [6.45, 7) is 6.19. The molecule has 1 fully saturated rings. The van der Waals surface area contributed by atoms with Crippen LogP contribution in [0, 0.1) is 23.6 Å². The van der Waals surface area contributed by atoms with Crippen LogP contribution in [0.3, 0.4) is 0 Å². The highest BCUT2D eigenvalue weighted by Gasteiger charge is 2.21. The normalized spacial score (nSPS) is 17.8. The van der Waals surface area contributed by atoms with E-state index in [1.165, 1.54) is 68.9 Å². The van der Waals surface area contributed by atoms with Crippen molar-refractivity contribution in [3.8, 4) is 11.8 Å². The van der Waals surface area contributed by atoms with Gasteiger partial charge in [0, 0.05) is 10.9 Å². The van der Waals surface area contributed by atoms with Crippen molar-refractivity contribution < 1.29 is 4.39 Å². The maximum Gasteiger partial charge on any atom is 0.146 e. The molecule has 0 N–H and O–H groups in total. The zero-order valence-electron chi connectivity index (χ0n) is 20.6. The second kappa shape index (κ2) is 12.0. The Kier molecular flexibility index (Phi) is 8.59. The zero-order valence-corrected chi connectivity index (χ0v) is 20.6. The van der Waals surface area contributed by atoms with Crippen molar-refractivity contribution in [2.75, 3.05) is 0 Å². The molecule has 0 amide bonds. The fourth-order valence-corrected chi connectivity index (χ4v) is 5.18. The minimum Gasteiger partial charge on any atom is -0.205 e. The first-order valence-corrected chi connectivity index (χ1v) is 13.1. The van der Waals surface area contributed by atoms with Crippen LogP contribution in [-0.2, 0) is 6.42 Å². The van der Waals surface area contributed by atoms with Gasteiger partial charge in [0.25, 0.3) is 0 Å². The van der Waals surface area contributed by atoms with Gasteiger partial charge in [-0.3, -0.25) is 0 Å². The van der Waals surface area contributed by atoms with Crippen LogP contribution in [0.4, 0.5) is 4.39 Å². The molecule has 1 heteroatoms. The molecule has 0 aromatic heterocycles. The molecule has 0 aliphatic heterocycles. The third-order valence-electron chi connectivity index (χ3n) is 7.42. The molecule has 1 aliphatic carbocycles. The Labute approximate surface area is 205 Å². The van der Waals surface area contributed by atoms with Crippen molar-refractivity contribution in [1.29, 1.82) is 0 Å². The first kappa shape index (κ1) is 24.3. The number of halogens is 1. The lowest BCUT2D eigenvalue weighted by molar-refractivity contribution is 0.376. The number of fused-ring (bicyclic) bond motifs is 1. The monoisotopic (exact) mass is 452 g/mol. The fraction of sp³-hybridized carbons (Fsp3) is 0.394. The number of hydrogen-bond acceptors (Lipinski definition) is 0. The van der Waals surface area contributed by atoms with Crippen LogP contribution in [0.5, 0.6) is 0 Å². The van der Waals surface area contributed by atoms with E-state index in [0.717, 1.165) is 17.4 Å². The summed E-state index contributed by atoms with van der Waals surface area (Å²) in [5.74, 6) is 7.23. The lowest BCUT2D eigenvalue weighted by atomic mass is 9.78. The number of rotatable bonds is 8. The van der Waals surface area contributed by atoms with Gasteiger partial charge in [-0.2, -0.15) is 0 Å². The molecule has 4 rings (SSSR count). The number of allylic oxidation sites excluding steroid dienone is 1. The summed E-state index contributed by atoms with van der Waals surface area (Å²) in [5, 5.41) is 1.63. The van der Waals surface area contributed by atoms with Gasteiger partial charge in [0.15, 0.2) is 0 Å². The van der Waals surface area contributed by atoms with Crippen molar-refractivity contribution in [1.82, 2.24) is 0 Å². The summed E-state index contributed by atoms with van der Waals surface area (Å²) in [7, 11) is 0. The molecule has 1 aliphatic rings. The van der Waals surface area contributed by atoms with E-state index in [4.69, 9.17) is 0 Å². The van der Waals surface area contributed by atoms with E-state index in [1.807, 2.05) is 18.2 Å². The number of benzene rings is 3. The van der Waals surface area contributed by atoms with E-state index < -0.39 is 0 Å². The standard InChI is InChI=1S/C33H37F/c1-3-5-6-7-8-9-26-10-12-27(13-11-26)16-19-29-20-21-31-24-30(22-23-32(31)33(29)34)28-17-14-25(4-2)15-18-28/h4,10-13,20-25,28H,2-3,5-9,14-15,17-18H2,1H3. The SMILES string of the molecule is C=CC1CCC(c2ccc3c(F)c(C#Cc4ccc(CCCCCCC)cc4)ccc3c2)CC1. The summed E-state index contributed by atoms with van der Waals surface area (Å²) < 4.78 is 15.2.